The van der Waals surface area contributed by atoms with Gasteiger partial charge in [0.05, 0.1) is 18.7 Å². The smallest absolute Gasteiger partial charge is 0.399 e. The van der Waals surface area contributed by atoms with E-state index in [1.54, 1.807) is 24.3 Å². The van der Waals surface area contributed by atoms with Crippen LogP contribution in [0.2, 0.25) is 0 Å². The number of hydrogen-bond acceptors (Lipinski definition) is 7. The van der Waals surface area contributed by atoms with E-state index in [1.807, 2.05) is 43.7 Å². The number of rotatable bonds is 7. The number of carbonyl (C=O) groups excluding carboxylic acids is 1. The summed E-state index contributed by atoms with van der Waals surface area (Å²) < 4.78 is 40.9. The highest BCUT2D eigenvalue weighted by atomic mass is 19.4. The Morgan fingerprint density at radius 3 is 2.23 bits per heavy atom. The standard InChI is InChI=1S/C26H22F3N5O.C14H18N4/c27-26(28,29)20-8-5-17(6-9-20)22-3-1-2-4-23(22)25(35)32-21-10-7-19-14-34(12-11-18(19)13-21)15-24-30-16-31-33-24;1-17-7-5-16-14(17)10-18-6-4-11-8-13(15)3-2-12(11)9-18/h1-10,13,16H,11-12,14-15H2,(H,32,35)(H,30,31,33);2-3,5,7-8H,4,6,9-10,15H2,1H3. The van der Waals surface area contributed by atoms with Crippen LogP contribution in [0.15, 0.2) is 104 Å². The molecule has 8 rings (SSSR count). The van der Waals surface area contributed by atoms with Gasteiger partial charge in [-0.15, -0.1) is 0 Å². The Hall–Kier alpha value is -5.79. The third kappa shape index (κ3) is 8.65. The molecule has 4 aromatic carbocycles. The third-order valence-electron chi connectivity index (χ3n) is 9.70. The summed E-state index contributed by atoms with van der Waals surface area (Å²) in [5, 5.41) is 9.71. The first-order valence-electron chi connectivity index (χ1n) is 17.4. The molecule has 272 valence electrons. The second-order valence-corrected chi connectivity index (χ2v) is 13.4. The highest BCUT2D eigenvalue weighted by molar-refractivity contribution is 6.08. The summed E-state index contributed by atoms with van der Waals surface area (Å²) in [6, 6.07) is 23.8. The number of aromatic amines is 1. The average molecular weight is 720 g/mol. The molecule has 2 aliphatic heterocycles. The average Bonchev–Trinajstić information content (AvgIpc) is 3.83. The maximum Gasteiger partial charge on any atom is 0.416 e. The Balaban J connectivity index is 0.000000202. The number of amides is 1. The Bertz CT molecular complexity index is 2180. The van der Waals surface area contributed by atoms with Gasteiger partial charge in [0.25, 0.3) is 5.91 Å². The van der Waals surface area contributed by atoms with E-state index in [0.29, 0.717) is 28.9 Å². The number of benzene rings is 4. The predicted molar refractivity (Wildman–Crippen MR) is 197 cm³/mol. The molecule has 1 amide bonds. The number of imidazole rings is 1. The maximum absolute atomic E-state index is 13.1. The fourth-order valence-corrected chi connectivity index (χ4v) is 6.83. The SMILES string of the molecule is Cn1ccnc1CN1CCc2cc(N)ccc2C1.O=C(Nc1ccc2c(c1)CCN(Cc1ncn[nH]1)C2)c1ccccc1-c1ccc(C(F)(F)F)cc1. The molecule has 2 aliphatic rings. The van der Waals surface area contributed by atoms with E-state index in [9.17, 15) is 18.0 Å². The molecule has 0 atom stereocenters. The highest BCUT2D eigenvalue weighted by Gasteiger charge is 2.30. The van der Waals surface area contributed by atoms with Gasteiger partial charge in [-0.2, -0.15) is 18.3 Å². The van der Waals surface area contributed by atoms with Gasteiger partial charge in [-0.05, 0) is 88.7 Å². The number of nitrogens with one attached hydrogen (secondary N) is 2. The van der Waals surface area contributed by atoms with Crippen molar-refractivity contribution in [3.8, 4) is 11.1 Å². The molecular weight excluding hydrogens is 679 g/mol. The Labute approximate surface area is 305 Å². The van der Waals surface area contributed by atoms with Crippen LogP contribution in [0.3, 0.4) is 0 Å². The normalized spacial score (nSPS) is 14.5. The topological polar surface area (TPSA) is 121 Å². The van der Waals surface area contributed by atoms with E-state index in [4.69, 9.17) is 5.73 Å². The summed E-state index contributed by atoms with van der Waals surface area (Å²) in [6.07, 6.45) is 2.86. The summed E-state index contributed by atoms with van der Waals surface area (Å²) >= 11 is 0. The number of nitrogens with two attached hydrogens (primary N) is 1. The van der Waals surface area contributed by atoms with Crippen LogP contribution in [0.5, 0.6) is 0 Å². The molecule has 6 aromatic rings. The number of anilines is 2. The lowest BCUT2D eigenvalue weighted by Gasteiger charge is -2.28. The molecule has 0 aliphatic carbocycles. The van der Waals surface area contributed by atoms with Crippen molar-refractivity contribution in [1.82, 2.24) is 34.5 Å². The zero-order valence-electron chi connectivity index (χ0n) is 29.3. The summed E-state index contributed by atoms with van der Waals surface area (Å²) in [5.41, 5.74) is 13.3. The van der Waals surface area contributed by atoms with Gasteiger partial charge in [0.15, 0.2) is 0 Å². The van der Waals surface area contributed by atoms with Crippen LogP contribution in [0.4, 0.5) is 24.5 Å². The molecule has 4 heterocycles. The van der Waals surface area contributed by atoms with Crippen molar-refractivity contribution in [2.24, 2.45) is 7.05 Å². The van der Waals surface area contributed by atoms with E-state index in [2.05, 4.69) is 52.0 Å². The molecule has 0 bridgehead atoms. The van der Waals surface area contributed by atoms with Gasteiger partial charge in [0.1, 0.15) is 18.0 Å². The number of nitrogens with zero attached hydrogens (tertiary/aromatic N) is 6. The Morgan fingerprint density at radius 2 is 1.55 bits per heavy atom. The molecule has 13 heteroatoms. The van der Waals surface area contributed by atoms with Crippen molar-refractivity contribution in [3.05, 3.63) is 149 Å². The maximum atomic E-state index is 13.1. The van der Waals surface area contributed by atoms with Gasteiger partial charge in [0.2, 0.25) is 0 Å². The van der Waals surface area contributed by atoms with Gasteiger partial charge in [0, 0.05) is 62.6 Å². The number of carbonyl (C=O) groups is 1. The number of nitrogen functional groups attached to an aromatic ring is 1. The van der Waals surface area contributed by atoms with Gasteiger partial charge in [-0.25, -0.2) is 9.97 Å². The first kappa shape index (κ1) is 35.6. The van der Waals surface area contributed by atoms with Crippen LogP contribution in [0.25, 0.3) is 11.1 Å². The van der Waals surface area contributed by atoms with Crippen LogP contribution in [-0.2, 0) is 52.2 Å². The minimum absolute atomic E-state index is 0.316. The van der Waals surface area contributed by atoms with Crippen molar-refractivity contribution in [1.29, 1.82) is 0 Å². The molecule has 0 radical (unpaired) electrons. The predicted octanol–water partition coefficient (Wildman–Crippen LogP) is 6.86. The van der Waals surface area contributed by atoms with Crippen molar-refractivity contribution in [2.75, 3.05) is 24.1 Å². The molecule has 4 N–H and O–H groups in total. The Morgan fingerprint density at radius 1 is 0.849 bits per heavy atom. The monoisotopic (exact) mass is 719 g/mol. The van der Waals surface area contributed by atoms with Gasteiger partial charge in [-0.1, -0.05) is 42.5 Å². The van der Waals surface area contributed by atoms with Crippen LogP contribution >= 0.6 is 0 Å². The number of halogens is 3. The van der Waals surface area contributed by atoms with Crippen molar-refractivity contribution in [2.45, 2.75) is 45.2 Å². The number of aromatic nitrogens is 5. The molecular formula is C40H40F3N9O. The highest BCUT2D eigenvalue weighted by Crippen LogP contribution is 2.32. The van der Waals surface area contributed by atoms with Gasteiger partial charge >= 0.3 is 6.18 Å². The molecule has 0 unspecified atom stereocenters. The fraction of sp³-hybridized carbons (Fsp3) is 0.250. The molecule has 53 heavy (non-hydrogen) atoms. The van der Waals surface area contributed by atoms with E-state index in [1.165, 1.54) is 40.7 Å². The van der Waals surface area contributed by atoms with Crippen molar-refractivity contribution in [3.63, 3.8) is 0 Å². The van der Waals surface area contributed by atoms with Crippen molar-refractivity contribution >= 4 is 17.3 Å². The van der Waals surface area contributed by atoms with E-state index >= 15 is 0 Å². The molecule has 2 aromatic heterocycles. The summed E-state index contributed by atoms with van der Waals surface area (Å²) in [6.45, 7) is 5.31. The second-order valence-electron chi connectivity index (χ2n) is 13.4. The first-order valence-corrected chi connectivity index (χ1v) is 17.4. The molecule has 0 fully saturated rings. The second kappa shape index (κ2) is 15.4. The lowest BCUT2D eigenvalue weighted by atomic mass is 9.97. The number of aryl methyl sites for hydroxylation is 1. The number of hydrogen-bond donors (Lipinski definition) is 3. The number of H-pyrrole nitrogens is 1. The van der Waals surface area contributed by atoms with Crippen LogP contribution < -0.4 is 11.1 Å². The third-order valence-corrected chi connectivity index (χ3v) is 9.70. The zero-order chi connectivity index (χ0) is 37.0. The molecule has 10 nitrogen and oxygen atoms in total. The summed E-state index contributed by atoms with van der Waals surface area (Å²) in [4.78, 5) is 26.4. The van der Waals surface area contributed by atoms with E-state index < -0.39 is 11.7 Å². The minimum Gasteiger partial charge on any atom is -0.399 e. The van der Waals surface area contributed by atoms with Crippen molar-refractivity contribution < 1.29 is 18.0 Å². The largest absolute Gasteiger partial charge is 0.416 e. The molecule has 0 spiro atoms. The summed E-state index contributed by atoms with van der Waals surface area (Å²) in [7, 11) is 2.04. The quantitative estimate of drug-likeness (QED) is 0.154. The minimum atomic E-state index is -4.41. The molecule has 0 saturated carbocycles. The van der Waals surface area contributed by atoms with Gasteiger partial charge < -0.3 is 15.6 Å². The van der Waals surface area contributed by atoms with Crippen LogP contribution in [-0.4, -0.2) is 53.5 Å². The first-order chi connectivity index (χ1) is 25.6. The Kier molecular flexibility index (Phi) is 10.4. The number of fused-ring (bicyclic) bond motifs is 2. The van der Waals surface area contributed by atoms with Crippen LogP contribution in [0.1, 0.15) is 49.8 Å². The lowest BCUT2D eigenvalue weighted by Crippen LogP contribution is -2.31. The zero-order valence-corrected chi connectivity index (χ0v) is 29.3. The molecule has 0 saturated heterocycles. The lowest BCUT2D eigenvalue weighted by molar-refractivity contribution is -0.137. The van der Waals surface area contributed by atoms with Gasteiger partial charge in [-0.3, -0.25) is 19.7 Å². The fourth-order valence-electron chi connectivity index (χ4n) is 6.83. The van der Waals surface area contributed by atoms with E-state index in [-0.39, 0.29) is 5.91 Å². The number of alkyl halides is 3. The van der Waals surface area contributed by atoms with E-state index in [0.717, 1.165) is 75.0 Å². The van der Waals surface area contributed by atoms with Crippen LogP contribution in [0, 0.1) is 0 Å². The summed E-state index contributed by atoms with van der Waals surface area (Å²) in [5.74, 6) is 1.63.